The van der Waals surface area contributed by atoms with Crippen LogP contribution >= 0.6 is 0 Å². The minimum absolute atomic E-state index is 0. The Morgan fingerprint density at radius 2 is 1.06 bits per heavy atom. The number of nitrogens with zero attached hydrogens (tertiary/aromatic N) is 5. The zero-order valence-corrected chi connectivity index (χ0v) is 28.2. The second kappa shape index (κ2) is 13.7. The van der Waals surface area contributed by atoms with Gasteiger partial charge in [-0.2, -0.15) is 0 Å². The first kappa shape index (κ1) is 32.3. The van der Waals surface area contributed by atoms with Crippen LogP contribution in [0, 0.1) is 11.8 Å². The number of fused-ring (bicyclic) bond motifs is 8. The zero-order valence-electron chi connectivity index (χ0n) is 27.2. The van der Waals surface area contributed by atoms with E-state index in [1.165, 1.54) is 0 Å². The third kappa shape index (κ3) is 6.09. The van der Waals surface area contributed by atoms with E-state index in [0.717, 1.165) is 51.0 Å². The van der Waals surface area contributed by atoms with Gasteiger partial charge in [-0.1, -0.05) is 96.8 Å². The van der Waals surface area contributed by atoms with Gasteiger partial charge in [-0.25, -0.2) is 9.97 Å². The van der Waals surface area contributed by atoms with Gasteiger partial charge in [-0.15, -0.1) is 22.1 Å². The van der Waals surface area contributed by atoms with E-state index in [0.29, 0.717) is 44.8 Å². The number of rotatable bonds is 4. The molecule has 0 unspecified atom stereocenters. The average molecular weight is 690 g/mol. The molecule has 3 aromatic carbocycles. The maximum Gasteiger partial charge on any atom is 2.00 e. The van der Waals surface area contributed by atoms with Gasteiger partial charge in [0.15, 0.2) is 6.29 Å². The van der Waals surface area contributed by atoms with Crippen LogP contribution in [-0.4, -0.2) is 30.3 Å². The third-order valence-corrected chi connectivity index (χ3v) is 8.61. The van der Waals surface area contributed by atoms with E-state index >= 15 is 0 Å². The van der Waals surface area contributed by atoms with Gasteiger partial charge in [0.1, 0.15) is 0 Å². The number of hydrogen-bond donors (Lipinski definition) is 0. The molecule has 242 valence electrons. The molecule has 6 nitrogen and oxygen atoms in total. The van der Waals surface area contributed by atoms with Crippen molar-refractivity contribution >= 4 is 58.3 Å². The van der Waals surface area contributed by atoms with Gasteiger partial charge < -0.3 is 14.9 Å². The number of hydrogen-bond acceptors (Lipinski definition) is 4. The predicted octanol–water partition coefficient (Wildman–Crippen LogP) is 8.52. The summed E-state index contributed by atoms with van der Waals surface area (Å²) < 4.78 is 0. The zero-order chi connectivity index (χ0) is 33.3. The summed E-state index contributed by atoms with van der Waals surface area (Å²) in [6.07, 6.45) is 8.62. The van der Waals surface area contributed by atoms with E-state index in [9.17, 15) is 4.79 Å². The molecular weight excluding hydrogens is 661 g/mol. The molecule has 8 bridgehead atoms. The minimum Gasteiger partial charge on any atom is -0.657 e. The standard InChI is InChI=1S/C43H30N5O.Ni/c1-48(2)31-16-13-28(14-17-31)15-18-32-34-19-23-38(44-34)42(29-9-5-3-6-10-29)40-25-21-36(46-40)33(27-49)37-22-26-41(47-37)43(30-11-7-4-8-12-30)39-24-20-35(32)45-39;/h3-14,16-17,19-27H,1-2H3,(H-,44,45,46,47,49);/q-1;+2/p-1. The molecule has 0 amide bonds. The van der Waals surface area contributed by atoms with Crippen LogP contribution in [0.4, 0.5) is 5.69 Å². The molecule has 5 heterocycles. The van der Waals surface area contributed by atoms with Crippen LogP contribution in [-0.2, 0) is 16.5 Å². The second-order valence-corrected chi connectivity index (χ2v) is 11.9. The number of aromatic nitrogens is 4. The third-order valence-electron chi connectivity index (χ3n) is 8.61. The van der Waals surface area contributed by atoms with Gasteiger partial charge in [0, 0.05) is 36.5 Å². The summed E-state index contributed by atoms with van der Waals surface area (Å²) in [4.78, 5) is 34.9. The van der Waals surface area contributed by atoms with Crippen molar-refractivity contribution < 1.29 is 21.3 Å². The van der Waals surface area contributed by atoms with Crippen LogP contribution in [0.5, 0.6) is 0 Å². The smallest absolute Gasteiger partial charge is 0.657 e. The monoisotopic (exact) mass is 689 g/mol. The topological polar surface area (TPSA) is 74.3 Å². The molecule has 3 aromatic heterocycles. The van der Waals surface area contributed by atoms with E-state index in [1.807, 2.05) is 135 Å². The SMILES string of the molecule is CN(C)c1ccc(C#Cc2c3nc(c(-c4ccccc4)c4ccc([n-]4)c(C=O)c4nc(c(-c5ccccc5)c5ccc2[n-]5)C=C4)C=C3)cc1.[Ni+2]. The molecule has 6 aromatic rings. The van der Waals surface area contributed by atoms with Crippen LogP contribution in [0.3, 0.4) is 0 Å². The molecule has 7 heteroatoms. The van der Waals surface area contributed by atoms with Crippen molar-refractivity contribution in [2.75, 3.05) is 19.0 Å². The molecule has 0 N–H and O–H groups in total. The first-order chi connectivity index (χ1) is 24.1. The van der Waals surface area contributed by atoms with Gasteiger partial charge in [-0.05, 0) is 70.8 Å². The van der Waals surface area contributed by atoms with Crippen LogP contribution in [0.1, 0.15) is 44.3 Å². The maximum absolute atomic E-state index is 12.6. The molecule has 0 radical (unpaired) electrons. The summed E-state index contributed by atoms with van der Waals surface area (Å²) in [6, 6.07) is 36.1. The Hall–Kier alpha value is -6.22. The van der Waals surface area contributed by atoms with E-state index in [-0.39, 0.29) is 16.5 Å². The van der Waals surface area contributed by atoms with E-state index in [4.69, 9.17) is 19.9 Å². The first-order valence-electron chi connectivity index (χ1n) is 16.0. The van der Waals surface area contributed by atoms with Crippen LogP contribution in [0.25, 0.3) is 68.6 Å². The number of benzene rings is 3. The van der Waals surface area contributed by atoms with Gasteiger partial charge in [0.05, 0.1) is 22.8 Å². The second-order valence-electron chi connectivity index (χ2n) is 11.9. The molecule has 0 saturated carbocycles. The van der Waals surface area contributed by atoms with Crippen molar-refractivity contribution in [3.05, 3.63) is 149 Å². The number of carbonyl (C=O) groups is 1. The Labute approximate surface area is 300 Å². The normalized spacial score (nSPS) is 11.4. The molecule has 2 aliphatic heterocycles. The van der Waals surface area contributed by atoms with Gasteiger partial charge in [0.2, 0.25) is 0 Å². The van der Waals surface area contributed by atoms with Gasteiger partial charge in [0.25, 0.3) is 0 Å². The molecule has 8 rings (SSSR count). The molecule has 50 heavy (non-hydrogen) atoms. The van der Waals surface area contributed by atoms with Crippen molar-refractivity contribution in [1.82, 2.24) is 19.9 Å². The summed E-state index contributed by atoms with van der Waals surface area (Å²) >= 11 is 0. The quantitative estimate of drug-likeness (QED) is 0.105. The largest absolute Gasteiger partial charge is 2.00 e. The Bertz CT molecular complexity index is 2490. The summed E-state index contributed by atoms with van der Waals surface area (Å²) in [7, 11) is 4.04. The fourth-order valence-electron chi connectivity index (χ4n) is 6.14. The minimum atomic E-state index is 0. The fourth-order valence-corrected chi connectivity index (χ4v) is 6.14. The van der Waals surface area contributed by atoms with E-state index < -0.39 is 0 Å². The van der Waals surface area contributed by atoms with Gasteiger partial charge >= 0.3 is 16.5 Å². The van der Waals surface area contributed by atoms with Crippen LogP contribution < -0.4 is 14.9 Å². The molecule has 0 atom stereocenters. The molecular formula is C43H29N5NiO. The summed E-state index contributed by atoms with van der Waals surface area (Å²) in [5.74, 6) is 6.81. The van der Waals surface area contributed by atoms with Crippen molar-refractivity contribution in [2.24, 2.45) is 0 Å². The first-order valence-corrected chi connectivity index (χ1v) is 16.0. The maximum atomic E-state index is 12.6. The van der Waals surface area contributed by atoms with Crippen LogP contribution in [0.2, 0.25) is 0 Å². The molecule has 2 aliphatic rings. The average Bonchev–Trinajstić information content (AvgIpc) is 3.97. The number of aldehydes is 1. The van der Waals surface area contributed by atoms with Gasteiger partial charge in [-0.3, -0.25) is 4.79 Å². The summed E-state index contributed by atoms with van der Waals surface area (Å²) in [5, 5.41) is 0. The van der Waals surface area contributed by atoms with Crippen molar-refractivity contribution in [3.63, 3.8) is 0 Å². The molecule has 0 spiro atoms. The Balaban J connectivity index is 0.00000392. The molecule has 0 saturated heterocycles. The van der Waals surface area contributed by atoms with E-state index in [2.05, 4.69) is 28.9 Å². The number of anilines is 1. The predicted molar refractivity (Wildman–Crippen MR) is 200 cm³/mol. The number of carbonyl (C=O) groups excluding carboxylic acids is 1. The Morgan fingerprint density at radius 3 is 1.64 bits per heavy atom. The summed E-state index contributed by atoms with van der Waals surface area (Å²) in [6.45, 7) is 0. The van der Waals surface area contributed by atoms with Crippen molar-refractivity contribution in [1.29, 1.82) is 0 Å². The van der Waals surface area contributed by atoms with Crippen molar-refractivity contribution in [2.45, 2.75) is 0 Å². The summed E-state index contributed by atoms with van der Waals surface area (Å²) in [5.41, 5.74) is 12.2. The van der Waals surface area contributed by atoms with E-state index in [1.54, 1.807) is 0 Å². The molecule has 0 aliphatic carbocycles. The Kier molecular flexibility index (Phi) is 8.87. The van der Waals surface area contributed by atoms with Crippen LogP contribution in [0.15, 0.2) is 109 Å². The Morgan fingerprint density at radius 1 is 0.560 bits per heavy atom. The fraction of sp³-hybridized carbons (Fsp3) is 0.0465. The van der Waals surface area contributed by atoms with Crippen molar-refractivity contribution in [3.8, 4) is 34.1 Å². The molecule has 0 fully saturated rings.